The first-order chi connectivity index (χ1) is 14.3. The minimum Gasteiger partial charge on any atom is -0.393 e. The first-order valence-electron chi connectivity index (χ1n) is 13.0. The molecule has 0 unspecified atom stereocenters. The lowest BCUT2D eigenvalue weighted by Gasteiger charge is -2.60. The van der Waals surface area contributed by atoms with Crippen molar-refractivity contribution < 1.29 is 9.90 Å². The van der Waals surface area contributed by atoms with Crippen LogP contribution < -0.4 is 0 Å². The summed E-state index contributed by atoms with van der Waals surface area (Å²) in [5, 5.41) is 10.3. The molecule has 0 aromatic rings. The van der Waals surface area contributed by atoms with Gasteiger partial charge in [-0.15, -0.1) is 0 Å². The number of hydrogen-bond donors (Lipinski definition) is 1. The molecule has 4 saturated carbocycles. The second-order valence-electron chi connectivity index (χ2n) is 12.2. The van der Waals surface area contributed by atoms with E-state index in [0.717, 1.165) is 55.9 Å². The normalized spacial score (nSPS) is 48.6. The SMILES string of the molecule is C=C1CCCCN1CC(=O)[C@H]1CC[C@H]2[C@@H]3CC[C@H]4C[C@@H](O)CC[C@]4(C)[C@H]3CC[C@]12C. The number of rotatable bonds is 3. The Morgan fingerprint density at radius 1 is 1.03 bits per heavy atom. The van der Waals surface area contributed by atoms with Gasteiger partial charge in [0.2, 0.25) is 0 Å². The maximum absolute atomic E-state index is 13.5. The highest BCUT2D eigenvalue weighted by Crippen LogP contribution is 2.67. The molecule has 5 aliphatic rings. The van der Waals surface area contributed by atoms with E-state index in [2.05, 4.69) is 25.3 Å². The second-order valence-corrected chi connectivity index (χ2v) is 12.2. The van der Waals surface area contributed by atoms with E-state index in [-0.39, 0.29) is 17.4 Å². The van der Waals surface area contributed by atoms with Crippen LogP contribution >= 0.6 is 0 Å². The summed E-state index contributed by atoms with van der Waals surface area (Å²) in [7, 11) is 0. The predicted octanol–water partition coefficient (Wildman–Crippen LogP) is 5.57. The summed E-state index contributed by atoms with van der Waals surface area (Å²) in [5.74, 6) is 3.84. The van der Waals surface area contributed by atoms with Crippen molar-refractivity contribution in [1.82, 2.24) is 4.90 Å². The number of fused-ring (bicyclic) bond motifs is 5. The average molecular weight is 414 g/mol. The molecule has 168 valence electrons. The Balaban J connectivity index is 1.31. The fourth-order valence-electron chi connectivity index (χ4n) is 9.20. The predicted molar refractivity (Wildman–Crippen MR) is 121 cm³/mol. The topological polar surface area (TPSA) is 40.5 Å². The van der Waals surface area contributed by atoms with Gasteiger partial charge in [-0.25, -0.2) is 0 Å². The summed E-state index contributed by atoms with van der Waals surface area (Å²) in [6.45, 7) is 10.9. The van der Waals surface area contributed by atoms with Gasteiger partial charge in [-0.05, 0) is 112 Å². The molecule has 5 fully saturated rings. The average Bonchev–Trinajstić information content (AvgIpc) is 3.07. The van der Waals surface area contributed by atoms with E-state index < -0.39 is 0 Å². The Morgan fingerprint density at radius 2 is 1.80 bits per heavy atom. The van der Waals surface area contributed by atoms with Gasteiger partial charge in [0, 0.05) is 18.2 Å². The van der Waals surface area contributed by atoms with Crippen LogP contribution in [0.1, 0.15) is 90.9 Å². The molecule has 1 saturated heterocycles. The largest absolute Gasteiger partial charge is 0.393 e. The van der Waals surface area contributed by atoms with Crippen molar-refractivity contribution in [1.29, 1.82) is 0 Å². The van der Waals surface area contributed by atoms with Crippen LogP contribution in [0.15, 0.2) is 12.3 Å². The molecule has 5 rings (SSSR count). The van der Waals surface area contributed by atoms with E-state index in [1.54, 1.807) is 0 Å². The first-order valence-corrected chi connectivity index (χ1v) is 13.0. The molecular formula is C27H43NO2. The molecule has 0 bridgehead atoms. The fraction of sp³-hybridized carbons (Fsp3) is 0.889. The molecule has 0 spiro atoms. The first kappa shape index (κ1) is 21.0. The zero-order valence-electron chi connectivity index (χ0n) is 19.4. The molecule has 3 heteroatoms. The van der Waals surface area contributed by atoms with Gasteiger partial charge in [-0.3, -0.25) is 4.79 Å². The summed E-state index contributed by atoms with van der Waals surface area (Å²) in [6.07, 6.45) is 14.2. The minimum atomic E-state index is -0.0634. The Hall–Kier alpha value is -0.830. The Morgan fingerprint density at radius 3 is 2.60 bits per heavy atom. The second kappa shape index (κ2) is 7.64. The molecule has 30 heavy (non-hydrogen) atoms. The highest BCUT2D eigenvalue weighted by molar-refractivity contribution is 5.84. The third-order valence-electron chi connectivity index (χ3n) is 11.0. The van der Waals surface area contributed by atoms with Crippen LogP contribution in [0.3, 0.4) is 0 Å². The highest BCUT2D eigenvalue weighted by atomic mass is 16.3. The summed E-state index contributed by atoms with van der Waals surface area (Å²) >= 11 is 0. The van der Waals surface area contributed by atoms with Crippen LogP contribution in [0, 0.1) is 40.4 Å². The maximum atomic E-state index is 13.5. The zero-order valence-corrected chi connectivity index (χ0v) is 19.4. The molecular weight excluding hydrogens is 370 g/mol. The Bertz CT molecular complexity index is 703. The zero-order chi connectivity index (χ0) is 21.1. The van der Waals surface area contributed by atoms with Crippen molar-refractivity contribution in [3.63, 3.8) is 0 Å². The van der Waals surface area contributed by atoms with E-state index in [0.29, 0.717) is 17.7 Å². The van der Waals surface area contributed by atoms with Crippen molar-refractivity contribution in [2.45, 2.75) is 97.0 Å². The van der Waals surface area contributed by atoms with Crippen LogP contribution in [-0.4, -0.2) is 35.0 Å². The van der Waals surface area contributed by atoms with Crippen molar-refractivity contribution in [3.05, 3.63) is 12.3 Å². The van der Waals surface area contributed by atoms with Crippen molar-refractivity contribution in [2.24, 2.45) is 40.4 Å². The number of ketones is 1. The van der Waals surface area contributed by atoms with Crippen LogP contribution in [-0.2, 0) is 4.79 Å². The molecule has 0 amide bonds. The summed E-state index contributed by atoms with van der Waals surface area (Å²) < 4.78 is 0. The summed E-state index contributed by atoms with van der Waals surface area (Å²) in [6, 6.07) is 0. The Labute approximate surface area is 183 Å². The minimum absolute atomic E-state index is 0.0634. The van der Waals surface area contributed by atoms with Crippen LogP contribution in [0.5, 0.6) is 0 Å². The van der Waals surface area contributed by atoms with Crippen molar-refractivity contribution >= 4 is 5.78 Å². The molecule has 0 aromatic carbocycles. The number of aliphatic hydroxyl groups is 1. The van der Waals surface area contributed by atoms with E-state index in [1.807, 2.05) is 0 Å². The van der Waals surface area contributed by atoms with Crippen LogP contribution in [0.4, 0.5) is 0 Å². The molecule has 1 heterocycles. The van der Waals surface area contributed by atoms with E-state index in [4.69, 9.17) is 0 Å². The number of allylic oxidation sites excluding steroid dienone is 1. The van der Waals surface area contributed by atoms with Crippen molar-refractivity contribution in [2.75, 3.05) is 13.1 Å². The van der Waals surface area contributed by atoms with Gasteiger partial charge in [0.15, 0.2) is 5.78 Å². The number of carbonyl (C=O) groups excluding carboxylic acids is 1. The quantitative estimate of drug-likeness (QED) is 0.657. The number of Topliss-reactive ketones (excluding diaryl/α,β-unsaturated/α-hetero) is 1. The molecule has 4 aliphatic carbocycles. The van der Waals surface area contributed by atoms with Gasteiger partial charge >= 0.3 is 0 Å². The van der Waals surface area contributed by atoms with Crippen LogP contribution in [0.25, 0.3) is 0 Å². The number of carbonyl (C=O) groups is 1. The molecule has 0 radical (unpaired) electrons. The number of hydrogen-bond acceptors (Lipinski definition) is 3. The standard InChI is InChI=1S/C27H43NO2/c1-18-6-4-5-15-28(18)17-25(30)24-10-9-22-21-8-7-19-16-20(29)11-13-26(19,2)23(21)12-14-27(22,24)3/h19-24,29H,1,4-17H2,2-3H3/t19-,20-,21-,22-,23-,24+,26-,27-/m0/s1. The lowest BCUT2D eigenvalue weighted by Crippen LogP contribution is -2.54. The van der Waals surface area contributed by atoms with Gasteiger partial charge in [0.25, 0.3) is 0 Å². The third-order valence-corrected chi connectivity index (χ3v) is 11.0. The maximum Gasteiger partial charge on any atom is 0.155 e. The van der Waals surface area contributed by atoms with Gasteiger partial charge in [0.1, 0.15) is 0 Å². The molecule has 3 nitrogen and oxygen atoms in total. The number of aliphatic hydroxyl groups excluding tert-OH is 1. The highest BCUT2D eigenvalue weighted by Gasteiger charge is 2.61. The van der Waals surface area contributed by atoms with E-state index in [1.165, 1.54) is 57.1 Å². The summed E-state index contributed by atoms with van der Waals surface area (Å²) in [5.41, 5.74) is 1.83. The lowest BCUT2D eigenvalue weighted by molar-refractivity contribution is -0.140. The van der Waals surface area contributed by atoms with E-state index in [9.17, 15) is 9.90 Å². The van der Waals surface area contributed by atoms with Gasteiger partial charge in [-0.2, -0.15) is 0 Å². The van der Waals surface area contributed by atoms with Gasteiger partial charge in [-0.1, -0.05) is 20.4 Å². The monoisotopic (exact) mass is 413 g/mol. The number of piperidine rings is 1. The smallest absolute Gasteiger partial charge is 0.155 e. The molecule has 1 aliphatic heterocycles. The van der Waals surface area contributed by atoms with Gasteiger partial charge in [0.05, 0.1) is 12.6 Å². The summed E-state index contributed by atoms with van der Waals surface area (Å²) in [4.78, 5) is 15.8. The fourth-order valence-corrected chi connectivity index (χ4v) is 9.20. The number of likely N-dealkylation sites (tertiary alicyclic amines) is 1. The van der Waals surface area contributed by atoms with Gasteiger partial charge < -0.3 is 10.0 Å². The molecule has 1 N–H and O–H groups in total. The van der Waals surface area contributed by atoms with Crippen LogP contribution in [0.2, 0.25) is 0 Å². The van der Waals surface area contributed by atoms with E-state index >= 15 is 0 Å². The Kier molecular flexibility index (Phi) is 5.36. The third kappa shape index (κ3) is 3.21. The van der Waals surface area contributed by atoms with Crippen molar-refractivity contribution in [3.8, 4) is 0 Å². The lowest BCUT2D eigenvalue weighted by atomic mass is 9.44. The molecule has 0 aromatic heterocycles. The molecule has 8 atom stereocenters. The number of nitrogens with zero attached hydrogens (tertiary/aromatic N) is 1.